The van der Waals surface area contributed by atoms with Crippen molar-refractivity contribution in [1.29, 1.82) is 0 Å². The second kappa shape index (κ2) is 6.54. The zero-order valence-corrected chi connectivity index (χ0v) is 12.2. The summed E-state index contributed by atoms with van der Waals surface area (Å²) in [7, 11) is 0. The minimum absolute atomic E-state index is 0.473. The Morgan fingerprint density at radius 3 is 2.80 bits per heavy atom. The molecule has 3 N–H and O–H groups in total. The Morgan fingerprint density at radius 2 is 2.15 bits per heavy atom. The number of anilines is 1. The maximum absolute atomic E-state index is 6.17. The molecule has 0 amide bonds. The number of rotatable bonds is 5. The van der Waals surface area contributed by atoms with Gasteiger partial charge in [0.25, 0.3) is 0 Å². The summed E-state index contributed by atoms with van der Waals surface area (Å²) in [5.41, 5.74) is 4.48. The lowest BCUT2D eigenvalue weighted by Crippen LogP contribution is -2.12. The molecule has 0 spiro atoms. The van der Waals surface area contributed by atoms with Crippen LogP contribution in [0.5, 0.6) is 11.6 Å². The number of nitrogens with zero attached hydrogens (tertiary/aromatic N) is 2. The molecule has 0 aliphatic heterocycles. The molecule has 2 aromatic rings. The average molecular weight is 293 g/mol. The monoisotopic (exact) mass is 292 g/mol. The summed E-state index contributed by atoms with van der Waals surface area (Å²) < 4.78 is 5.81. The molecular weight excluding hydrogens is 276 g/mol. The molecule has 5 nitrogen and oxygen atoms in total. The van der Waals surface area contributed by atoms with E-state index in [1.807, 2.05) is 25.1 Å². The largest absolute Gasteiger partial charge is 0.437 e. The van der Waals surface area contributed by atoms with E-state index in [1.54, 1.807) is 0 Å². The predicted octanol–water partition coefficient (Wildman–Crippen LogP) is 3.47. The Labute approximate surface area is 123 Å². The summed E-state index contributed by atoms with van der Waals surface area (Å²) in [6.07, 6.45) is 3.10. The number of aromatic nitrogens is 2. The van der Waals surface area contributed by atoms with Crippen molar-refractivity contribution < 1.29 is 4.74 Å². The third-order valence-corrected chi connectivity index (χ3v) is 3.13. The summed E-state index contributed by atoms with van der Waals surface area (Å²) in [6, 6.07) is 5.61. The van der Waals surface area contributed by atoms with E-state index >= 15 is 0 Å². The molecule has 0 aliphatic carbocycles. The van der Waals surface area contributed by atoms with Crippen LogP contribution in [-0.4, -0.2) is 9.97 Å². The van der Waals surface area contributed by atoms with Crippen molar-refractivity contribution in [1.82, 2.24) is 9.97 Å². The van der Waals surface area contributed by atoms with Crippen molar-refractivity contribution in [3.8, 4) is 11.6 Å². The first kappa shape index (κ1) is 14.6. The molecule has 1 aromatic carbocycles. The zero-order valence-electron chi connectivity index (χ0n) is 11.5. The minimum Gasteiger partial charge on any atom is -0.437 e. The number of nitrogens with one attached hydrogen (secondary N) is 1. The van der Waals surface area contributed by atoms with Gasteiger partial charge < -0.3 is 10.2 Å². The Balaban J connectivity index is 2.37. The lowest BCUT2D eigenvalue weighted by Gasteiger charge is -2.13. The smallest absolute Gasteiger partial charge is 0.227 e. The minimum atomic E-state index is 0.473. The molecule has 0 radical (unpaired) electrons. The maximum atomic E-state index is 6.17. The van der Waals surface area contributed by atoms with Crippen molar-refractivity contribution in [2.24, 2.45) is 5.84 Å². The van der Waals surface area contributed by atoms with Crippen molar-refractivity contribution >= 4 is 17.4 Å². The molecule has 0 fully saturated rings. The lowest BCUT2D eigenvalue weighted by molar-refractivity contribution is 0.454. The van der Waals surface area contributed by atoms with Crippen LogP contribution < -0.4 is 16.0 Å². The first-order valence-corrected chi connectivity index (χ1v) is 6.78. The molecule has 0 saturated heterocycles. The van der Waals surface area contributed by atoms with Gasteiger partial charge in [-0.05, 0) is 31.0 Å². The van der Waals surface area contributed by atoms with Crippen molar-refractivity contribution in [3.05, 3.63) is 40.7 Å². The van der Waals surface area contributed by atoms with Gasteiger partial charge in [0.15, 0.2) is 0 Å². The zero-order chi connectivity index (χ0) is 14.5. The number of ether oxygens (including phenoxy) is 1. The molecule has 0 unspecified atom stereocenters. The highest BCUT2D eigenvalue weighted by Gasteiger charge is 2.13. The fourth-order valence-electron chi connectivity index (χ4n) is 1.88. The van der Waals surface area contributed by atoms with E-state index in [9.17, 15) is 0 Å². The van der Waals surface area contributed by atoms with E-state index in [-0.39, 0.29) is 0 Å². The van der Waals surface area contributed by atoms with Crippen LogP contribution in [0.3, 0.4) is 0 Å². The molecule has 0 atom stereocenters. The van der Waals surface area contributed by atoms with Gasteiger partial charge in [-0.15, -0.1) is 0 Å². The molecule has 1 aromatic heterocycles. The number of hydrazine groups is 1. The topological polar surface area (TPSA) is 73.1 Å². The molecule has 106 valence electrons. The van der Waals surface area contributed by atoms with Crippen LogP contribution in [0.25, 0.3) is 0 Å². The van der Waals surface area contributed by atoms with E-state index in [1.165, 1.54) is 6.33 Å². The number of nitrogens with two attached hydrogens (primary N) is 1. The molecule has 20 heavy (non-hydrogen) atoms. The fraction of sp³-hybridized carbons (Fsp3) is 0.286. The Morgan fingerprint density at radius 1 is 1.35 bits per heavy atom. The van der Waals surface area contributed by atoms with Crippen LogP contribution in [0.4, 0.5) is 5.82 Å². The highest BCUT2D eigenvalue weighted by Crippen LogP contribution is 2.32. The number of hydrogen-bond acceptors (Lipinski definition) is 5. The number of benzene rings is 1. The Kier molecular flexibility index (Phi) is 4.76. The number of nitrogen functional groups attached to an aromatic ring is 1. The van der Waals surface area contributed by atoms with Gasteiger partial charge in [-0.2, -0.15) is 0 Å². The second-order valence-electron chi connectivity index (χ2n) is 4.44. The van der Waals surface area contributed by atoms with Crippen molar-refractivity contribution in [2.75, 3.05) is 5.43 Å². The number of aryl methyl sites for hydroxylation is 1. The Bertz CT molecular complexity index is 604. The van der Waals surface area contributed by atoms with Crippen LogP contribution >= 0.6 is 11.6 Å². The normalized spacial score (nSPS) is 10.4. The Hall–Kier alpha value is -1.85. The number of halogens is 1. The first-order valence-electron chi connectivity index (χ1n) is 6.40. The van der Waals surface area contributed by atoms with Crippen LogP contribution in [0.15, 0.2) is 24.5 Å². The van der Waals surface area contributed by atoms with Gasteiger partial charge in [-0.1, -0.05) is 31.0 Å². The summed E-state index contributed by atoms with van der Waals surface area (Å²) in [5, 5.41) is 0.549. The third kappa shape index (κ3) is 3.18. The highest BCUT2D eigenvalue weighted by molar-refractivity contribution is 6.32. The summed E-state index contributed by atoms with van der Waals surface area (Å²) in [4.78, 5) is 8.27. The van der Waals surface area contributed by atoms with Gasteiger partial charge in [-0.25, -0.2) is 15.8 Å². The fourth-order valence-corrected chi connectivity index (χ4v) is 2.15. The van der Waals surface area contributed by atoms with Crippen molar-refractivity contribution in [3.63, 3.8) is 0 Å². The average Bonchev–Trinajstić information content (AvgIpc) is 2.43. The first-order chi connectivity index (χ1) is 9.65. The van der Waals surface area contributed by atoms with Crippen LogP contribution in [0.1, 0.15) is 24.5 Å². The maximum Gasteiger partial charge on any atom is 0.227 e. The summed E-state index contributed by atoms with van der Waals surface area (Å²) >= 11 is 6.17. The van der Waals surface area contributed by atoms with Gasteiger partial charge in [0.05, 0.1) is 10.6 Å². The van der Waals surface area contributed by atoms with Gasteiger partial charge in [0.1, 0.15) is 17.9 Å². The van der Waals surface area contributed by atoms with Crippen LogP contribution in [0.2, 0.25) is 5.02 Å². The highest BCUT2D eigenvalue weighted by atomic mass is 35.5. The molecule has 0 aliphatic rings. The molecular formula is C14H17ClN4O. The quantitative estimate of drug-likeness (QED) is 0.652. The molecule has 2 rings (SSSR count). The summed E-state index contributed by atoms with van der Waals surface area (Å²) in [6.45, 7) is 4.04. The van der Waals surface area contributed by atoms with Gasteiger partial charge in [0, 0.05) is 0 Å². The van der Waals surface area contributed by atoms with E-state index in [0.29, 0.717) is 22.5 Å². The third-order valence-electron chi connectivity index (χ3n) is 2.84. The molecule has 0 bridgehead atoms. The standard InChI is InChI=1S/C14H17ClN4O/c1-3-4-10-13(19-16)17-8-18-14(10)20-12-6-5-9(2)7-11(12)15/h5-8H,3-4,16H2,1-2H3,(H,17,18,19). The second-order valence-corrected chi connectivity index (χ2v) is 4.84. The SMILES string of the molecule is CCCc1c(NN)ncnc1Oc1ccc(C)cc1Cl. The van der Waals surface area contributed by atoms with Gasteiger partial charge in [0.2, 0.25) is 5.88 Å². The lowest BCUT2D eigenvalue weighted by atomic mass is 10.2. The van der Waals surface area contributed by atoms with E-state index in [4.69, 9.17) is 22.2 Å². The molecule has 1 heterocycles. The summed E-state index contributed by atoms with van der Waals surface area (Å²) in [5.74, 6) is 7.08. The van der Waals surface area contributed by atoms with Crippen LogP contribution in [0, 0.1) is 6.92 Å². The predicted molar refractivity (Wildman–Crippen MR) is 80.1 cm³/mol. The van der Waals surface area contributed by atoms with E-state index in [2.05, 4.69) is 22.3 Å². The molecule has 6 heteroatoms. The van der Waals surface area contributed by atoms with E-state index in [0.717, 1.165) is 24.0 Å². The van der Waals surface area contributed by atoms with Gasteiger partial charge in [-0.3, -0.25) is 0 Å². The van der Waals surface area contributed by atoms with Gasteiger partial charge >= 0.3 is 0 Å². The van der Waals surface area contributed by atoms with Crippen molar-refractivity contribution in [2.45, 2.75) is 26.7 Å². The van der Waals surface area contributed by atoms with Crippen LogP contribution in [-0.2, 0) is 6.42 Å². The number of hydrogen-bond donors (Lipinski definition) is 2. The molecule has 0 saturated carbocycles. The van der Waals surface area contributed by atoms with E-state index < -0.39 is 0 Å².